The monoisotopic (exact) mass is 654 g/mol. The molecule has 1 N–H and O–H groups in total. The van der Waals surface area contributed by atoms with Gasteiger partial charge in [0.05, 0.1) is 4.90 Å². The lowest BCUT2D eigenvalue weighted by Crippen LogP contribution is -2.65. The van der Waals surface area contributed by atoms with Gasteiger partial charge in [-0.15, -0.1) is 0 Å². The quantitative estimate of drug-likeness (QED) is 0.211. The number of rotatable bonds is 10. The highest BCUT2D eigenvalue weighted by Crippen LogP contribution is 2.59. The third-order valence-electron chi connectivity index (χ3n) is 4.41. The van der Waals surface area contributed by atoms with E-state index in [0.717, 1.165) is 0 Å². The van der Waals surface area contributed by atoms with E-state index in [9.17, 15) is 91.8 Å². The second kappa shape index (κ2) is 9.72. The van der Waals surface area contributed by atoms with Crippen molar-refractivity contribution in [2.45, 2.75) is 52.7 Å². The standard InChI is InChI=1S/C16H5F19O4S/c17-7(9(19,20)11(23,24)13(27,28)15(31,32)33)8(18)10(21,22)12(25,26)14(29,30)16(34,35)39-5-1-3-6(4-2-5)40(36,37)38/h1-4H,(H,36,37,38)/b8-7+. The number of hydrogen-bond acceptors (Lipinski definition) is 3. The highest BCUT2D eigenvalue weighted by atomic mass is 32.2. The van der Waals surface area contributed by atoms with Gasteiger partial charge < -0.3 is 4.74 Å². The van der Waals surface area contributed by atoms with Crippen LogP contribution < -0.4 is 4.74 Å². The Morgan fingerprint density at radius 1 is 0.575 bits per heavy atom. The lowest BCUT2D eigenvalue weighted by Gasteiger charge is -2.36. The second-order valence-electron chi connectivity index (χ2n) is 7.14. The van der Waals surface area contributed by atoms with Gasteiger partial charge >= 0.3 is 47.8 Å². The molecule has 0 aromatic heterocycles. The van der Waals surface area contributed by atoms with Gasteiger partial charge in [0.1, 0.15) is 5.75 Å². The Kier molecular flexibility index (Phi) is 8.59. The van der Waals surface area contributed by atoms with Gasteiger partial charge in [0.25, 0.3) is 10.1 Å². The number of halogens is 19. The summed E-state index contributed by atoms with van der Waals surface area (Å²) in [6, 6.07) is -0.120. The molecule has 0 aliphatic carbocycles. The molecule has 40 heavy (non-hydrogen) atoms. The van der Waals surface area contributed by atoms with Crippen LogP contribution in [0, 0.1) is 0 Å². The molecule has 0 unspecified atom stereocenters. The summed E-state index contributed by atoms with van der Waals surface area (Å²) in [4.78, 5) is -1.19. The molecule has 0 atom stereocenters. The summed E-state index contributed by atoms with van der Waals surface area (Å²) >= 11 is 0. The zero-order chi connectivity index (χ0) is 32.3. The number of allylic oxidation sites excluding steroid dienone is 2. The molecule has 1 rings (SSSR count). The molecular formula is C16H5F19O4S. The molecule has 232 valence electrons. The van der Waals surface area contributed by atoms with Gasteiger partial charge in [-0.2, -0.15) is 83.1 Å². The average molecular weight is 654 g/mol. The van der Waals surface area contributed by atoms with Crippen molar-refractivity contribution < 1.29 is 101 Å². The van der Waals surface area contributed by atoms with Crippen molar-refractivity contribution in [2.75, 3.05) is 0 Å². The maximum Gasteiger partial charge on any atom is 0.471 e. The van der Waals surface area contributed by atoms with Crippen LogP contribution >= 0.6 is 0 Å². The molecule has 0 saturated carbocycles. The van der Waals surface area contributed by atoms with E-state index in [-0.39, 0.29) is 24.3 Å². The minimum absolute atomic E-state index is 0.0579. The van der Waals surface area contributed by atoms with Crippen molar-refractivity contribution in [1.82, 2.24) is 0 Å². The highest BCUT2D eigenvalue weighted by Gasteiger charge is 2.86. The van der Waals surface area contributed by atoms with Crippen molar-refractivity contribution in [3.63, 3.8) is 0 Å². The Hall–Kier alpha value is -2.66. The first-order chi connectivity index (χ1) is 17.2. The summed E-state index contributed by atoms with van der Waals surface area (Å²) in [6.45, 7) is 0. The normalized spacial score (nSPS) is 16.1. The smallest absolute Gasteiger partial charge is 0.428 e. The van der Waals surface area contributed by atoms with Gasteiger partial charge in [-0.3, -0.25) is 4.55 Å². The van der Waals surface area contributed by atoms with Gasteiger partial charge in [0.15, 0.2) is 0 Å². The van der Waals surface area contributed by atoms with Crippen LogP contribution in [0.2, 0.25) is 0 Å². The van der Waals surface area contributed by atoms with Crippen LogP contribution in [-0.4, -0.2) is 60.8 Å². The number of ether oxygens (including phenoxy) is 1. The first-order valence-electron chi connectivity index (χ1n) is 8.79. The van der Waals surface area contributed by atoms with Crippen LogP contribution in [0.4, 0.5) is 83.4 Å². The lowest BCUT2D eigenvalue weighted by molar-refractivity contribution is -0.405. The summed E-state index contributed by atoms with van der Waals surface area (Å²) in [5.74, 6) is -61.9. The van der Waals surface area contributed by atoms with Crippen molar-refractivity contribution >= 4 is 10.1 Å². The third-order valence-corrected chi connectivity index (χ3v) is 5.28. The van der Waals surface area contributed by atoms with Crippen LogP contribution in [0.3, 0.4) is 0 Å². The van der Waals surface area contributed by atoms with E-state index >= 15 is 0 Å². The van der Waals surface area contributed by atoms with Gasteiger partial charge in [0, 0.05) is 0 Å². The molecule has 0 amide bonds. The van der Waals surface area contributed by atoms with E-state index < -0.39 is 80.2 Å². The molecule has 0 aliphatic rings. The van der Waals surface area contributed by atoms with Crippen LogP contribution in [-0.2, 0) is 10.1 Å². The predicted octanol–water partition coefficient (Wildman–Crippen LogP) is 7.43. The summed E-state index contributed by atoms with van der Waals surface area (Å²) in [5, 5.41) is 0. The molecule has 1 aromatic rings. The molecule has 0 fully saturated rings. The fourth-order valence-electron chi connectivity index (χ4n) is 2.20. The fourth-order valence-corrected chi connectivity index (χ4v) is 2.68. The zero-order valence-corrected chi connectivity index (χ0v) is 18.4. The van der Waals surface area contributed by atoms with E-state index in [1.165, 1.54) is 0 Å². The van der Waals surface area contributed by atoms with Crippen LogP contribution in [0.5, 0.6) is 5.75 Å². The Bertz CT molecular complexity index is 1230. The summed E-state index contributed by atoms with van der Waals surface area (Å²) in [5.41, 5.74) is 0. The Labute approximate surface area is 206 Å². The molecule has 0 saturated heterocycles. The third kappa shape index (κ3) is 5.34. The first-order valence-corrected chi connectivity index (χ1v) is 10.2. The van der Waals surface area contributed by atoms with E-state index in [1.54, 1.807) is 0 Å². The van der Waals surface area contributed by atoms with Crippen LogP contribution in [0.1, 0.15) is 0 Å². The van der Waals surface area contributed by atoms with E-state index in [4.69, 9.17) is 4.55 Å². The summed E-state index contributed by atoms with van der Waals surface area (Å²) in [7, 11) is -5.11. The molecule has 4 nitrogen and oxygen atoms in total. The lowest BCUT2D eigenvalue weighted by atomic mass is 9.97. The van der Waals surface area contributed by atoms with E-state index in [0.29, 0.717) is 0 Å². The number of benzene rings is 1. The molecule has 0 spiro atoms. The topological polar surface area (TPSA) is 63.6 Å². The van der Waals surface area contributed by atoms with Crippen LogP contribution in [0.25, 0.3) is 0 Å². The summed E-state index contributed by atoms with van der Waals surface area (Å²) in [6.07, 6.45) is -14.8. The molecule has 1 aromatic carbocycles. The first kappa shape index (κ1) is 35.4. The Balaban J connectivity index is 3.62. The SMILES string of the molecule is O=S(=O)(O)c1ccc(OC(F)(F)C(F)(F)C(F)(F)C(F)(F)/C(F)=C(\F)C(F)(F)C(F)(F)C(F)(F)C(F)(F)F)cc1. The van der Waals surface area contributed by atoms with Crippen molar-refractivity contribution in [3.8, 4) is 5.75 Å². The molecule has 0 bridgehead atoms. The maximum atomic E-state index is 13.8. The minimum Gasteiger partial charge on any atom is -0.428 e. The molecule has 0 aliphatic heterocycles. The second-order valence-corrected chi connectivity index (χ2v) is 8.56. The number of alkyl halides is 17. The molecular weight excluding hydrogens is 649 g/mol. The fraction of sp³-hybridized carbons (Fsp3) is 0.500. The Morgan fingerprint density at radius 2 is 0.900 bits per heavy atom. The predicted molar refractivity (Wildman–Crippen MR) is 86.8 cm³/mol. The van der Waals surface area contributed by atoms with E-state index in [1.807, 2.05) is 0 Å². The van der Waals surface area contributed by atoms with Gasteiger partial charge in [0.2, 0.25) is 11.7 Å². The van der Waals surface area contributed by atoms with Gasteiger partial charge in [-0.05, 0) is 24.3 Å². The maximum absolute atomic E-state index is 13.8. The largest absolute Gasteiger partial charge is 0.471 e. The van der Waals surface area contributed by atoms with Crippen LogP contribution in [0.15, 0.2) is 40.8 Å². The Morgan fingerprint density at radius 3 is 1.20 bits per heavy atom. The average Bonchev–Trinajstić information content (AvgIpc) is 2.75. The molecule has 0 radical (unpaired) electrons. The van der Waals surface area contributed by atoms with E-state index in [2.05, 4.69) is 4.74 Å². The van der Waals surface area contributed by atoms with Crippen molar-refractivity contribution in [3.05, 3.63) is 35.9 Å². The zero-order valence-electron chi connectivity index (χ0n) is 17.6. The molecule has 0 heterocycles. The molecule has 24 heteroatoms. The minimum atomic E-state index is -8.31. The number of hydrogen-bond donors (Lipinski definition) is 1. The van der Waals surface area contributed by atoms with Crippen molar-refractivity contribution in [2.24, 2.45) is 0 Å². The van der Waals surface area contributed by atoms with Gasteiger partial charge in [-0.1, -0.05) is 0 Å². The van der Waals surface area contributed by atoms with Gasteiger partial charge in [-0.25, -0.2) is 8.78 Å². The summed E-state index contributed by atoms with van der Waals surface area (Å²) < 4.78 is 284. The highest BCUT2D eigenvalue weighted by molar-refractivity contribution is 7.85. The van der Waals surface area contributed by atoms with Crippen molar-refractivity contribution in [1.29, 1.82) is 0 Å².